The summed E-state index contributed by atoms with van der Waals surface area (Å²) in [7, 11) is 0. The standard InChI is InChI=1S/C16H15ClN2S/c17-14-12-9-20-10-13(12)18-15(19-14)16(7-4-8-16)11-5-2-1-3-6-11/h1-3,5-6H,4,7-10H2. The predicted octanol–water partition coefficient (Wildman–Crippen LogP) is 4.35. The lowest BCUT2D eigenvalue weighted by Crippen LogP contribution is -2.37. The maximum atomic E-state index is 6.38. The van der Waals surface area contributed by atoms with E-state index in [9.17, 15) is 0 Å². The molecule has 2 heterocycles. The van der Waals surface area contributed by atoms with Crippen molar-refractivity contribution in [3.8, 4) is 0 Å². The molecule has 1 aromatic carbocycles. The zero-order valence-electron chi connectivity index (χ0n) is 11.1. The van der Waals surface area contributed by atoms with Crippen LogP contribution in [0.25, 0.3) is 0 Å². The molecular formula is C16H15ClN2S. The first-order chi connectivity index (χ1) is 9.79. The van der Waals surface area contributed by atoms with Gasteiger partial charge in [-0.15, -0.1) is 0 Å². The highest BCUT2D eigenvalue weighted by atomic mass is 35.5. The number of hydrogen-bond donors (Lipinski definition) is 0. The van der Waals surface area contributed by atoms with Crippen molar-refractivity contribution in [2.45, 2.75) is 36.2 Å². The fourth-order valence-electron chi connectivity index (χ4n) is 3.15. The molecule has 20 heavy (non-hydrogen) atoms. The van der Waals surface area contributed by atoms with Crippen molar-refractivity contribution >= 4 is 23.4 Å². The van der Waals surface area contributed by atoms with Gasteiger partial charge in [-0.05, 0) is 18.4 Å². The fourth-order valence-corrected chi connectivity index (χ4v) is 4.53. The van der Waals surface area contributed by atoms with E-state index >= 15 is 0 Å². The van der Waals surface area contributed by atoms with Gasteiger partial charge in [0.1, 0.15) is 11.0 Å². The van der Waals surface area contributed by atoms with E-state index in [0.717, 1.165) is 41.4 Å². The summed E-state index contributed by atoms with van der Waals surface area (Å²) >= 11 is 8.26. The Kier molecular flexibility index (Phi) is 3.00. The monoisotopic (exact) mass is 302 g/mol. The summed E-state index contributed by atoms with van der Waals surface area (Å²) in [6.07, 6.45) is 3.49. The van der Waals surface area contributed by atoms with Crippen LogP contribution < -0.4 is 0 Å². The van der Waals surface area contributed by atoms with Gasteiger partial charge in [-0.2, -0.15) is 11.8 Å². The first kappa shape index (κ1) is 12.7. The van der Waals surface area contributed by atoms with Crippen LogP contribution in [0.4, 0.5) is 0 Å². The Morgan fingerprint density at radius 1 is 1.05 bits per heavy atom. The summed E-state index contributed by atoms with van der Waals surface area (Å²) in [4.78, 5) is 9.52. The Bertz CT molecular complexity index is 653. The number of nitrogens with zero attached hydrogens (tertiary/aromatic N) is 2. The molecule has 0 N–H and O–H groups in total. The molecule has 0 radical (unpaired) electrons. The van der Waals surface area contributed by atoms with Crippen LogP contribution in [0.3, 0.4) is 0 Å². The normalized spacial score (nSPS) is 19.4. The van der Waals surface area contributed by atoms with Crippen molar-refractivity contribution in [3.05, 3.63) is 58.1 Å². The van der Waals surface area contributed by atoms with E-state index in [0.29, 0.717) is 5.15 Å². The van der Waals surface area contributed by atoms with Crippen molar-refractivity contribution in [1.82, 2.24) is 9.97 Å². The molecule has 4 rings (SSSR count). The largest absolute Gasteiger partial charge is 0.236 e. The number of rotatable bonds is 2. The highest BCUT2D eigenvalue weighted by Crippen LogP contribution is 2.48. The third kappa shape index (κ3) is 1.80. The third-order valence-corrected chi connectivity index (χ3v) is 5.77. The number of halogens is 1. The SMILES string of the molecule is Clc1nc(C2(c3ccccc3)CCC2)nc2c1CSC2. The van der Waals surface area contributed by atoms with Gasteiger partial charge in [-0.1, -0.05) is 48.4 Å². The number of aromatic nitrogens is 2. The van der Waals surface area contributed by atoms with Crippen LogP contribution in [0.2, 0.25) is 5.15 Å². The van der Waals surface area contributed by atoms with Gasteiger partial charge in [0, 0.05) is 17.1 Å². The Morgan fingerprint density at radius 2 is 1.85 bits per heavy atom. The van der Waals surface area contributed by atoms with Crippen molar-refractivity contribution < 1.29 is 0 Å². The average Bonchev–Trinajstić information content (AvgIpc) is 2.88. The smallest absolute Gasteiger partial charge is 0.140 e. The van der Waals surface area contributed by atoms with Gasteiger partial charge >= 0.3 is 0 Å². The Balaban J connectivity index is 1.85. The van der Waals surface area contributed by atoms with E-state index in [1.807, 2.05) is 11.8 Å². The fraction of sp³-hybridized carbons (Fsp3) is 0.375. The van der Waals surface area contributed by atoms with Crippen molar-refractivity contribution in [2.75, 3.05) is 0 Å². The van der Waals surface area contributed by atoms with Gasteiger partial charge in [-0.3, -0.25) is 0 Å². The maximum absolute atomic E-state index is 6.38. The molecule has 1 aliphatic carbocycles. The van der Waals surface area contributed by atoms with Crippen LogP contribution in [0.15, 0.2) is 30.3 Å². The lowest BCUT2D eigenvalue weighted by molar-refractivity contribution is 0.284. The Hall–Kier alpha value is -1.06. The van der Waals surface area contributed by atoms with Gasteiger partial charge in [-0.25, -0.2) is 9.97 Å². The van der Waals surface area contributed by atoms with Crippen molar-refractivity contribution in [2.24, 2.45) is 0 Å². The number of benzene rings is 1. The molecule has 0 saturated heterocycles. The average molecular weight is 303 g/mol. The minimum absolute atomic E-state index is 0.00676. The molecule has 0 atom stereocenters. The van der Waals surface area contributed by atoms with Crippen LogP contribution in [-0.2, 0) is 16.9 Å². The van der Waals surface area contributed by atoms with E-state index in [-0.39, 0.29) is 5.41 Å². The Labute approximate surface area is 128 Å². The van der Waals surface area contributed by atoms with E-state index in [1.165, 1.54) is 12.0 Å². The predicted molar refractivity (Wildman–Crippen MR) is 83.1 cm³/mol. The molecule has 0 amide bonds. The summed E-state index contributed by atoms with van der Waals surface area (Å²) in [5.74, 6) is 2.85. The molecule has 1 saturated carbocycles. The second-order valence-electron chi connectivity index (χ2n) is 5.56. The highest BCUT2D eigenvalue weighted by Gasteiger charge is 2.43. The summed E-state index contributed by atoms with van der Waals surface area (Å²) < 4.78 is 0. The summed E-state index contributed by atoms with van der Waals surface area (Å²) in [6.45, 7) is 0. The van der Waals surface area contributed by atoms with Crippen LogP contribution in [0.5, 0.6) is 0 Å². The van der Waals surface area contributed by atoms with E-state index in [4.69, 9.17) is 16.6 Å². The van der Waals surface area contributed by atoms with Crippen LogP contribution in [-0.4, -0.2) is 9.97 Å². The van der Waals surface area contributed by atoms with E-state index in [1.54, 1.807) is 0 Å². The van der Waals surface area contributed by atoms with E-state index in [2.05, 4.69) is 35.3 Å². The summed E-state index contributed by atoms with van der Waals surface area (Å²) in [6, 6.07) is 10.6. The highest BCUT2D eigenvalue weighted by molar-refractivity contribution is 7.98. The van der Waals surface area contributed by atoms with Gasteiger partial charge < -0.3 is 0 Å². The third-order valence-electron chi connectivity index (χ3n) is 4.49. The van der Waals surface area contributed by atoms with Gasteiger partial charge in [0.15, 0.2) is 0 Å². The zero-order chi connectivity index (χ0) is 13.6. The summed E-state index contributed by atoms with van der Waals surface area (Å²) in [5.41, 5.74) is 3.61. The van der Waals surface area contributed by atoms with Crippen LogP contribution in [0, 0.1) is 0 Å². The number of thioether (sulfide) groups is 1. The van der Waals surface area contributed by atoms with Gasteiger partial charge in [0.25, 0.3) is 0 Å². The zero-order valence-corrected chi connectivity index (χ0v) is 12.7. The lowest BCUT2D eigenvalue weighted by Gasteiger charge is -2.41. The van der Waals surface area contributed by atoms with Crippen LogP contribution in [0.1, 0.15) is 41.9 Å². The van der Waals surface area contributed by atoms with E-state index < -0.39 is 0 Å². The molecule has 0 bridgehead atoms. The molecule has 2 aliphatic rings. The second kappa shape index (κ2) is 4.74. The second-order valence-corrected chi connectivity index (χ2v) is 6.90. The van der Waals surface area contributed by atoms with Gasteiger partial charge in [0.05, 0.1) is 11.1 Å². The first-order valence-electron chi connectivity index (χ1n) is 6.99. The molecule has 0 spiro atoms. The van der Waals surface area contributed by atoms with Crippen LogP contribution >= 0.6 is 23.4 Å². The lowest BCUT2D eigenvalue weighted by atomic mass is 9.64. The number of fused-ring (bicyclic) bond motifs is 1. The number of hydrogen-bond acceptors (Lipinski definition) is 3. The van der Waals surface area contributed by atoms with Crippen molar-refractivity contribution in [3.63, 3.8) is 0 Å². The molecule has 0 unspecified atom stereocenters. The molecule has 102 valence electrons. The summed E-state index contributed by atoms with van der Waals surface area (Å²) in [5, 5.41) is 0.664. The maximum Gasteiger partial charge on any atom is 0.140 e. The van der Waals surface area contributed by atoms with Crippen molar-refractivity contribution in [1.29, 1.82) is 0 Å². The molecule has 2 nitrogen and oxygen atoms in total. The quantitative estimate of drug-likeness (QED) is 0.771. The van der Waals surface area contributed by atoms with Gasteiger partial charge in [0.2, 0.25) is 0 Å². The molecular weight excluding hydrogens is 288 g/mol. The topological polar surface area (TPSA) is 25.8 Å². The molecule has 2 aromatic rings. The minimum Gasteiger partial charge on any atom is -0.236 e. The molecule has 1 aliphatic heterocycles. The Morgan fingerprint density at radius 3 is 2.55 bits per heavy atom. The first-order valence-corrected chi connectivity index (χ1v) is 8.52. The molecule has 4 heteroatoms. The molecule has 1 fully saturated rings. The minimum atomic E-state index is -0.00676. The molecule has 1 aromatic heterocycles.